The summed E-state index contributed by atoms with van der Waals surface area (Å²) in [5, 5.41) is 3.24. The summed E-state index contributed by atoms with van der Waals surface area (Å²) >= 11 is 1.35. The summed E-state index contributed by atoms with van der Waals surface area (Å²) in [5.41, 5.74) is 2.00. The van der Waals surface area contributed by atoms with E-state index in [9.17, 15) is 13.2 Å². The van der Waals surface area contributed by atoms with Crippen LogP contribution in [0.1, 0.15) is 22.8 Å². The smallest absolute Gasteiger partial charge is 0.257 e. The largest absolute Gasteiger partial charge is 0.494 e. The highest BCUT2D eigenvalue weighted by atomic mass is 32.2. The van der Waals surface area contributed by atoms with Crippen LogP contribution in [-0.4, -0.2) is 37.3 Å². The first-order valence-electron chi connectivity index (χ1n) is 10.3. The van der Waals surface area contributed by atoms with Crippen LogP contribution in [0.2, 0.25) is 0 Å². The molecule has 0 aliphatic heterocycles. The Bertz CT molecular complexity index is 1370. The third kappa shape index (κ3) is 5.22. The summed E-state index contributed by atoms with van der Waals surface area (Å²) in [6.45, 7) is 2.75. The fourth-order valence-corrected chi connectivity index (χ4v) is 5.32. The number of rotatable bonds is 8. The van der Waals surface area contributed by atoms with E-state index in [1.54, 1.807) is 0 Å². The Balaban J connectivity index is 1.46. The van der Waals surface area contributed by atoms with Crippen molar-refractivity contribution >= 4 is 42.6 Å². The van der Waals surface area contributed by atoms with Crippen molar-refractivity contribution in [3.8, 4) is 5.75 Å². The number of benzene rings is 3. The molecule has 4 aromatic rings. The first kappa shape index (κ1) is 22.9. The van der Waals surface area contributed by atoms with Gasteiger partial charge in [0.25, 0.3) is 5.91 Å². The van der Waals surface area contributed by atoms with Gasteiger partial charge in [-0.05, 0) is 55.0 Å². The number of hydrogen-bond acceptors (Lipinski definition) is 6. The zero-order chi connectivity index (χ0) is 23.4. The molecule has 1 amide bonds. The molecule has 4 rings (SSSR count). The van der Waals surface area contributed by atoms with Crippen LogP contribution in [0.3, 0.4) is 0 Å². The van der Waals surface area contributed by atoms with Gasteiger partial charge in [-0.15, -0.1) is 0 Å². The summed E-state index contributed by atoms with van der Waals surface area (Å²) in [4.78, 5) is 17.2. The number of sulfonamides is 1. The number of fused-ring (bicyclic) bond motifs is 1. The van der Waals surface area contributed by atoms with Crippen molar-refractivity contribution in [1.82, 2.24) is 9.29 Å². The highest BCUT2D eigenvalue weighted by Gasteiger charge is 2.21. The number of anilines is 1. The third-order valence-electron chi connectivity index (χ3n) is 4.96. The van der Waals surface area contributed by atoms with Crippen molar-refractivity contribution in [2.45, 2.75) is 18.4 Å². The Morgan fingerprint density at radius 1 is 1.06 bits per heavy atom. The van der Waals surface area contributed by atoms with E-state index in [4.69, 9.17) is 4.74 Å². The number of aromatic nitrogens is 1. The summed E-state index contributed by atoms with van der Waals surface area (Å²) in [6.07, 6.45) is 0. The molecule has 0 saturated carbocycles. The molecule has 3 aromatic carbocycles. The van der Waals surface area contributed by atoms with E-state index in [0.717, 1.165) is 21.5 Å². The first-order valence-corrected chi connectivity index (χ1v) is 12.6. The molecule has 0 bridgehead atoms. The van der Waals surface area contributed by atoms with Crippen LogP contribution in [0.5, 0.6) is 5.75 Å². The molecule has 1 heterocycles. The van der Waals surface area contributed by atoms with Gasteiger partial charge in [-0.1, -0.05) is 41.7 Å². The van der Waals surface area contributed by atoms with Gasteiger partial charge in [0.2, 0.25) is 10.0 Å². The minimum absolute atomic E-state index is 0.126. The standard InChI is InChI=1S/C24H23N3O4S2/c1-3-31-19-11-14-21-22(15-19)32-24(25-21)26-23(28)18-9-12-20(13-10-18)33(29,30)27(2)16-17-7-5-4-6-8-17/h4-15H,3,16H2,1-2H3,(H,25,26,28). The highest BCUT2D eigenvalue weighted by Crippen LogP contribution is 2.29. The maximum atomic E-state index is 12.9. The van der Waals surface area contributed by atoms with E-state index in [2.05, 4.69) is 10.3 Å². The molecule has 0 spiro atoms. The molecule has 1 N–H and O–H groups in total. The molecular formula is C24H23N3O4S2. The summed E-state index contributed by atoms with van der Waals surface area (Å²) in [7, 11) is -2.15. The Hall–Kier alpha value is -3.27. The van der Waals surface area contributed by atoms with E-state index < -0.39 is 10.0 Å². The molecule has 1 aromatic heterocycles. The Morgan fingerprint density at radius 2 is 1.79 bits per heavy atom. The third-order valence-corrected chi connectivity index (χ3v) is 7.72. The van der Waals surface area contributed by atoms with Crippen molar-refractivity contribution in [3.63, 3.8) is 0 Å². The number of nitrogens with one attached hydrogen (secondary N) is 1. The zero-order valence-electron chi connectivity index (χ0n) is 18.2. The second-order valence-corrected chi connectivity index (χ2v) is 10.4. The summed E-state index contributed by atoms with van der Waals surface area (Å²) in [6, 6.07) is 20.8. The lowest BCUT2D eigenvalue weighted by atomic mass is 10.2. The SMILES string of the molecule is CCOc1ccc2nc(NC(=O)c3ccc(S(=O)(=O)N(C)Cc4ccccc4)cc3)sc2c1. The van der Waals surface area contributed by atoms with E-state index >= 15 is 0 Å². The van der Waals surface area contributed by atoms with Crippen LogP contribution < -0.4 is 10.1 Å². The zero-order valence-corrected chi connectivity index (χ0v) is 19.8. The number of ether oxygens (including phenoxy) is 1. The molecular weight excluding hydrogens is 458 g/mol. The average Bonchev–Trinajstić information content (AvgIpc) is 3.21. The molecule has 33 heavy (non-hydrogen) atoms. The maximum absolute atomic E-state index is 12.9. The summed E-state index contributed by atoms with van der Waals surface area (Å²) in [5.74, 6) is 0.390. The number of nitrogens with zero attached hydrogens (tertiary/aromatic N) is 2. The van der Waals surface area contributed by atoms with Crippen LogP contribution in [0.15, 0.2) is 77.7 Å². The highest BCUT2D eigenvalue weighted by molar-refractivity contribution is 7.89. The predicted octanol–water partition coefficient (Wildman–Crippen LogP) is 4.77. The molecule has 0 aliphatic rings. The molecule has 0 radical (unpaired) electrons. The lowest BCUT2D eigenvalue weighted by molar-refractivity contribution is 0.102. The number of hydrogen-bond donors (Lipinski definition) is 1. The predicted molar refractivity (Wildman–Crippen MR) is 130 cm³/mol. The summed E-state index contributed by atoms with van der Waals surface area (Å²) < 4.78 is 33.5. The number of amides is 1. The van der Waals surface area contributed by atoms with Gasteiger partial charge in [0, 0.05) is 19.2 Å². The van der Waals surface area contributed by atoms with Crippen LogP contribution in [0, 0.1) is 0 Å². The van der Waals surface area contributed by atoms with E-state index in [-0.39, 0.29) is 17.3 Å². The average molecular weight is 482 g/mol. The number of thiazole rings is 1. The fraction of sp³-hybridized carbons (Fsp3) is 0.167. The van der Waals surface area contributed by atoms with E-state index in [1.807, 2.05) is 55.5 Å². The topological polar surface area (TPSA) is 88.6 Å². The quantitative estimate of drug-likeness (QED) is 0.392. The molecule has 0 saturated heterocycles. The number of carbonyl (C=O) groups excluding carboxylic acids is 1. The molecule has 0 atom stereocenters. The minimum atomic E-state index is -3.69. The van der Waals surface area contributed by atoms with Gasteiger partial charge in [-0.3, -0.25) is 10.1 Å². The van der Waals surface area contributed by atoms with Crippen LogP contribution in [0.4, 0.5) is 5.13 Å². The Labute approximate surface area is 196 Å². The van der Waals surface area contributed by atoms with Gasteiger partial charge in [-0.25, -0.2) is 13.4 Å². The van der Waals surface area contributed by atoms with Crippen LogP contribution >= 0.6 is 11.3 Å². The fourth-order valence-electron chi connectivity index (χ4n) is 3.27. The lowest BCUT2D eigenvalue weighted by Gasteiger charge is -2.17. The van der Waals surface area contributed by atoms with Crippen LogP contribution in [0.25, 0.3) is 10.2 Å². The molecule has 0 aliphatic carbocycles. The maximum Gasteiger partial charge on any atom is 0.257 e. The van der Waals surface area contributed by atoms with Gasteiger partial charge in [0.15, 0.2) is 5.13 Å². The van der Waals surface area contributed by atoms with Crippen molar-refractivity contribution in [3.05, 3.63) is 83.9 Å². The lowest BCUT2D eigenvalue weighted by Crippen LogP contribution is -2.26. The van der Waals surface area contributed by atoms with Crippen molar-refractivity contribution in [2.75, 3.05) is 19.0 Å². The van der Waals surface area contributed by atoms with Crippen molar-refractivity contribution < 1.29 is 17.9 Å². The van der Waals surface area contributed by atoms with Crippen molar-refractivity contribution in [2.24, 2.45) is 0 Å². The van der Waals surface area contributed by atoms with Gasteiger partial charge in [-0.2, -0.15) is 4.31 Å². The molecule has 9 heteroatoms. The molecule has 0 fully saturated rings. The van der Waals surface area contributed by atoms with Gasteiger partial charge >= 0.3 is 0 Å². The van der Waals surface area contributed by atoms with Gasteiger partial charge in [0.1, 0.15) is 5.75 Å². The van der Waals surface area contributed by atoms with E-state index in [0.29, 0.717) is 17.3 Å². The minimum Gasteiger partial charge on any atom is -0.494 e. The Kier molecular flexibility index (Phi) is 6.73. The molecule has 0 unspecified atom stereocenters. The van der Waals surface area contributed by atoms with Gasteiger partial charge in [0.05, 0.1) is 21.7 Å². The Morgan fingerprint density at radius 3 is 2.48 bits per heavy atom. The second kappa shape index (κ2) is 9.70. The van der Waals surface area contributed by atoms with Crippen molar-refractivity contribution in [1.29, 1.82) is 0 Å². The van der Waals surface area contributed by atoms with Gasteiger partial charge < -0.3 is 4.74 Å². The first-order chi connectivity index (χ1) is 15.9. The second-order valence-electron chi connectivity index (χ2n) is 7.31. The number of carbonyl (C=O) groups is 1. The molecule has 170 valence electrons. The molecule has 7 nitrogen and oxygen atoms in total. The normalized spacial score (nSPS) is 11.6. The monoisotopic (exact) mass is 481 g/mol. The van der Waals surface area contributed by atoms with Crippen LogP contribution in [-0.2, 0) is 16.6 Å². The van der Waals surface area contributed by atoms with E-state index in [1.165, 1.54) is 47.0 Å².